The molecule has 6 nitrogen and oxygen atoms in total. The molecule has 2 aliphatic rings. The molecule has 2 saturated heterocycles. The van der Waals surface area contributed by atoms with Crippen molar-refractivity contribution in [1.29, 1.82) is 0 Å². The van der Waals surface area contributed by atoms with Crippen molar-refractivity contribution in [3.8, 4) is 5.75 Å². The van der Waals surface area contributed by atoms with Gasteiger partial charge in [0, 0.05) is 30.3 Å². The number of hydrogen-bond donors (Lipinski definition) is 1. The summed E-state index contributed by atoms with van der Waals surface area (Å²) in [7, 11) is 2.16. The zero-order chi connectivity index (χ0) is 27.3. The first-order chi connectivity index (χ1) is 16.3. The third-order valence-electron chi connectivity index (χ3n) is 7.97. The Hall–Kier alpha value is -1.63. The average molecular weight is 504 g/mol. The minimum atomic E-state index is -0.630. The highest BCUT2D eigenvalue weighted by Crippen LogP contribution is 2.47. The number of ether oxygens (including phenoxy) is 3. The Morgan fingerprint density at radius 3 is 2.00 bits per heavy atom. The molecule has 0 saturated carbocycles. The van der Waals surface area contributed by atoms with Crippen LogP contribution in [0.5, 0.6) is 5.75 Å². The molecule has 1 aromatic rings. The summed E-state index contributed by atoms with van der Waals surface area (Å²) in [5.41, 5.74) is 2.33. The predicted molar refractivity (Wildman–Crippen MR) is 143 cm³/mol. The monoisotopic (exact) mass is 503 g/mol. The van der Waals surface area contributed by atoms with Gasteiger partial charge in [-0.15, -0.1) is 0 Å². The molecule has 204 valence electrons. The van der Waals surface area contributed by atoms with Gasteiger partial charge in [-0.25, -0.2) is 0 Å². The largest absolute Gasteiger partial charge is 0.507 e. The number of rotatable bonds is 5. The van der Waals surface area contributed by atoms with E-state index in [0.717, 1.165) is 29.5 Å². The van der Waals surface area contributed by atoms with Crippen LogP contribution in [-0.4, -0.2) is 59.2 Å². The van der Waals surface area contributed by atoms with Gasteiger partial charge in [0.2, 0.25) is 0 Å². The predicted octanol–water partition coefficient (Wildman–Crippen LogP) is 5.86. The number of aryl methyl sites for hydroxylation is 1. The fraction of sp³-hybridized carbons (Fsp3) is 0.767. The van der Waals surface area contributed by atoms with Gasteiger partial charge in [-0.3, -0.25) is 9.69 Å². The Morgan fingerprint density at radius 1 is 1.03 bits per heavy atom. The second kappa shape index (κ2) is 9.59. The molecule has 0 bridgehead atoms. The van der Waals surface area contributed by atoms with E-state index < -0.39 is 5.79 Å². The van der Waals surface area contributed by atoms with Crippen molar-refractivity contribution in [2.24, 2.45) is 0 Å². The molecule has 3 rings (SSSR count). The molecule has 36 heavy (non-hydrogen) atoms. The van der Waals surface area contributed by atoms with Gasteiger partial charge in [-0.05, 0) is 68.7 Å². The molecule has 1 N–H and O–H groups in total. The molecule has 2 aliphatic heterocycles. The second-order valence-electron chi connectivity index (χ2n) is 14.2. The SMILES string of the molecule is CN1C(C)(C)CC2(CC1(C)C)OCC(COC(=O)CCc1cc(C(C)(C)C)c(O)c(C(C)(C)C)c1)O2. The number of likely N-dealkylation sites (tertiary alicyclic amines) is 1. The van der Waals surface area contributed by atoms with E-state index in [2.05, 4.69) is 81.2 Å². The van der Waals surface area contributed by atoms with Gasteiger partial charge < -0.3 is 19.3 Å². The average Bonchev–Trinajstić information content (AvgIpc) is 3.08. The van der Waals surface area contributed by atoms with Crippen LogP contribution in [0, 0.1) is 0 Å². The van der Waals surface area contributed by atoms with Crippen molar-refractivity contribution < 1.29 is 24.1 Å². The van der Waals surface area contributed by atoms with Crippen molar-refractivity contribution in [2.45, 2.75) is 129 Å². The Morgan fingerprint density at radius 2 is 1.53 bits per heavy atom. The summed E-state index contributed by atoms with van der Waals surface area (Å²) in [6.07, 6.45) is 2.14. The molecule has 0 aliphatic carbocycles. The van der Waals surface area contributed by atoms with Crippen LogP contribution in [0.2, 0.25) is 0 Å². The van der Waals surface area contributed by atoms with Gasteiger partial charge in [0.15, 0.2) is 5.79 Å². The molecule has 2 fully saturated rings. The first kappa shape index (κ1) is 28.9. The molecule has 1 unspecified atom stereocenters. The standard InChI is InChI=1S/C30H49NO5/c1-26(2,3)22-14-20(15-23(25(22)33)27(4,5)6)12-13-24(32)34-16-21-17-35-30(36-21)18-28(7,8)31(11)29(9,10)19-30/h14-15,21,33H,12-13,16-19H2,1-11H3. The number of phenolic OH excluding ortho intramolecular Hbond substituents is 1. The van der Waals surface area contributed by atoms with Gasteiger partial charge in [0.05, 0.1) is 6.61 Å². The zero-order valence-corrected chi connectivity index (χ0v) is 24.5. The minimum absolute atomic E-state index is 0.0603. The van der Waals surface area contributed by atoms with Crippen molar-refractivity contribution in [2.75, 3.05) is 20.3 Å². The fourth-order valence-corrected chi connectivity index (χ4v) is 5.81. The van der Waals surface area contributed by atoms with E-state index in [1.807, 2.05) is 12.1 Å². The Balaban J connectivity index is 1.60. The third kappa shape index (κ3) is 6.25. The maximum atomic E-state index is 12.6. The van der Waals surface area contributed by atoms with Crippen LogP contribution in [0.1, 0.15) is 105 Å². The van der Waals surface area contributed by atoms with E-state index >= 15 is 0 Å². The fourth-order valence-electron chi connectivity index (χ4n) is 5.81. The summed E-state index contributed by atoms with van der Waals surface area (Å²) in [5, 5.41) is 10.9. The minimum Gasteiger partial charge on any atom is -0.507 e. The number of piperidine rings is 1. The van der Waals surface area contributed by atoms with Crippen LogP contribution < -0.4 is 0 Å². The lowest BCUT2D eigenvalue weighted by atomic mass is 9.76. The van der Waals surface area contributed by atoms with Crippen LogP contribution in [-0.2, 0) is 36.3 Å². The number of benzene rings is 1. The molecule has 0 amide bonds. The Kier molecular flexibility index (Phi) is 7.71. The molecule has 0 aromatic heterocycles. The molecule has 1 atom stereocenters. The normalized spacial score (nSPS) is 23.7. The smallest absolute Gasteiger partial charge is 0.306 e. The molecule has 0 radical (unpaired) electrons. The summed E-state index contributed by atoms with van der Waals surface area (Å²) in [6.45, 7) is 22.1. The maximum absolute atomic E-state index is 12.6. The number of carbonyl (C=O) groups excluding carboxylic acids is 1. The van der Waals surface area contributed by atoms with E-state index in [4.69, 9.17) is 14.2 Å². The number of nitrogens with zero attached hydrogens (tertiary/aromatic N) is 1. The van der Waals surface area contributed by atoms with E-state index in [9.17, 15) is 9.90 Å². The molecular formula is C30H49NO5. The van der Waals surface area contributed by atoms with Gasteiger partial charge in [-0.2, -0.15) is 0 Å². The lowest BCUT2D eigenvalue weighted by molar-refractivity contribution is -0.244. The summed E-state index contributed by atoms with van der Waals surface area (Å²) in [5.74, 6) is -0.518. The third-order valence-corrected chi connectivity index (χ3v) is 7.97. The molecule has 1 spiro atoms. The Labute approximate surface area is 218 Å². The van der Waals surface area contributed by atoms with Crippen molar-refractivity contribution >= 4 is 5.97 Å². The highest BCUT2D eigenvalue weighted by atomic mass is 16.8. The summed E-state index contributed by atoms with van der Waals surface area (Å²) < 4.78 is 18.2. The van der Waals surface area contributed by atoms with Crippen LogP contribution in [0.15, 0.2) is 12.1 Å². The van der Waals surface area contributed by atoms with Gasteiger partial charge in [-0.1, -0.05) is 53.7 Å². The molecule has 2 heterocycles. The van der Waals surface area contributed by atoms with Crippen LogP contribution >= 0.6 is 0 Å². The highest BCUT2D eigenvalue weighted by Gasteiger charge is 2.55. The second-order valence-corrected chi connectivity index (χ2v) is 14.2. The van der Waals surface area contributed by atoms with E-state index in [1.165, 1.54) is 0 Å². The van der Waals surface area contributed by atoms with Gasteiger partial charge in [0.1, 0.15) is 18.5 Å². The number of esters is 1. The first-order valence-corrected chi connectivity index (χ1v) is 13.3. The van der Waals surface area contributed by atoms with Crippen molar-refractivity contribution in [3.05, 3.63) is 28.8 Å². The summed E-state index contributed by atoms with van der Waals surface area (Å²) in [6, 6.07) is 4.05. The van der Waals surface area contributed by atoms with Crippen LogP contribution in [0.4, 0.5) is 0 Å². The van der Waals surface area contributed by atoms with E-state index in [1.54, 1.807) is 0 Å². The summed E-state index contributed by atoms with van der Waals surface area (Å²) in [4.78, 5) is 15.0. The number of phenols is 1. The van der Waals surface area contributed by atoms with Crippen LogP contribution in [0.3, 0.4) is 0 Å². The maximum Gasteiger partial charge on any atom is 0.306 e. The lowest BCUT2D eigenvalue weighted by Crippen LogP contribution is -2.64. The van der Waals surface area contributed by atoms with Gasteiger partial charge in [0.25, 0.3) is 0 Å². The molecule has 6 heteroatoms. The van der Waals surface area contributed by atoms with Crippen LogP contribution in [0.25, 0.3) is 0 Å². The topological polar surface area (TPSA) is 68.2 Å². The summed E-state index contributed by atoms with van der Waals surface area (Å²) >= 11 is 0. The number of hydrogen-bond acceptors (Lipinski definition) is 6. The van der Waals surface area contributed by atoms with E-state index in [0.29, 0.717) is 18.8 Å². The zero-order valence-electron chi connectivity index (χ0n) is 24.5. The lowest BCUT2D eigenvalue weighted by Gasteiger charge is -2.56. The number of aromatic hydroxyl groups is 1. The molecule has 1 aromatic carbocycles. The quantitative estimate of drug-likeness (QED) is 0.508. The Bertz CT molecular complexity index is 914. The van der Waals surface area contributed by atoms with Gasteiger partial charge >= 0.3 is 5.97 Å². The highest BCUT2D eigenvalue weighted by molar-refractivity contribution is 5.69. The molecular weight excluding hydrogens is 454 g/mol. The van der Waals surface area contributed by atoms with Crippen molar-refractivity contribution in [3.63, 3.8) is 0 Å². The van der Waals surface area contributed by atoms with E-state index in [-0.39, 0.29) is 47.0 Å². The van der Waals surface area contributed by atoms with Crippen molar-refractivity contribution in [1.82, 2.24) is 4.90 Å². The first-order valence-electron chi connectivity index (χ1n) is 13.3. The number of carbonyl (C=O) groups is 1.